The van der Waals surface area contributed by atoms with Crippen molar-refractivity contribution in [2.75, 3.05) is 13.2 Å². The van der Waals surface area contributed by atoms with Crippen molar-refractivity contribution in [2.45, 2.75) is 304 Å². The molecule has 0 aromatic heterocycles. The Kier molecular flexibility index (Phi) is 45.2. The normalized spacial score (nSPS) is 12.6. The van der Waals surface area contributed by atoms with Crippen LogP contribution in [0.3, 0.4) is 0 Å². The quantitative estimate of drug-likeness (QED) is 0.0344. The summed E-state index contributed by atoms with van der Waals surface area (Å²) in [5.41, 5.74) is 0. The molecule has 2 atom stereocenters. The van der Waals surface area contributed by atoms with Crippen molar-refractivity contribution >= 4 is 17.9 Å². The molecule has 0 fully saturated rings. The molecule has 61 heavy (non-hydrogen) atoms. The number of hydrogen-bond acceptors (Lipinski definition) is 6. The largest absolute Gasteiger partial charge is 0.462 e. The molecule has 0 N–H and O–H groups in total. The van der Waals surface area contributed by atoms with Gasteiger partial charge < -0.3 is 14.2 Å². The van der Waals surface area contributed by atoms with Crippen LogP contribution in [0.4, 0.5) is 0 Å². The number of ether oxygens (including phenoxy) is 3. The van der Waals surface area contributed by atoms with E-state index in [1.807, 2.05) is 0 Å². The molecule has 0 radical (unpaired) electrons. The predicted octanol–water partition coefficient (Wildman–Crippen LogP) is 17.6. The molecule has 0 aliphatic carbocycles. The maximum absolute atomic E-state index is 12.8. The van der Waals surface area contributed by atoms with Crippen LogP contribution in [0.5, 0.6) is 0 Å². The van der Waals surface area contributed by atoms with Crippen molar-refractivity contribution in [3.63, 3.8) is 0 Å². The smallest absolute Gasteiger partial charge is 0.306 e. The Bertz CT molecular complexity index is 947. The van der Waals surface area contributed by atoms with Gasteiger partial charge in [-0.25, -0.2) is 0 Å². The molecule has 0 heterocycles. The van der Waals surface area contributed by atoms with E-state index < -0.39 is 6.10 Å². The summed E-state index contributed by atoms with van der Waals surface area (Å²) in [6.07, 6.45) is 46.5. The van der Waals surface area contributed by atoms with Gasteiger partial charge in [0.1, 0.15) is 13.2 Å². The van der Waals surface area contributed by atoms with Crippen molar-refractivity contribution in [1.29, 1.82) is 0 Å². The summed E-state index contributed by atoms with van der Waals surface area (Å²) in [6, 6.07) is 0. The minimum absolute atomic E-state index is 0.0644. The predicted molar refractivity (Wildman–Crippen MR) is 261 cm³/mol. The Morgan fingerprint density at radius 2 is 0.574 bits per heavy atom. The van der Waals surface area contributed by atoms with Crippen molar-refractivity contribution in [3.8, 4) is 0 Å². The zero-order chi connectivity index (χ0) is 44.9. The molecule has 0 saturated heterocycles. The second kappa shape index (κ2) is 46.4. The number of carbonyl (C=O) groups is 3. The second-order valence-corrected chi connectivity index (χ2v) is 20.1. The average molecular weight is 863 g/mol. The molecule has 0 aromatic carbocycles. The first kappa shape index (κ1) is 59.4. The fourth-order valence-electron chi connectivity index (χ4n) is 8.26. The Labute approximate surface area is 380 Å². The molecule has 0 aliphatic heterocycles. The Morgan fingerprint density at radius 1 is 0.328 bits per heavy atom. The van der Waals surface area contributed by atoms with Gasteiger partial charge in [0.05, 0.1) is 0 Å². The first-order valence-corrected chi connectivity index (χ1v) is 27.1. The fourth-order valence-corrected chi connectivity index (χ4v) is 8.26. The standard InChI is InChI=1S/C55H106O6/c1-7-51(6)43-37-31-25-19-14-16-21-27-33-39-45-54(57)60-48-52(61-55(58)46-40-34-28-22-15-13-18-24-30-36-42-50(4)5)47-59-53(56)44-38-32-26-20-12-10-8-9-11-17-23-29-35-41-49(2)3/h49-52H,7-48H2,1-6H3/t51?,52-/m0/s1. The van der Waals surface area contributed by atoms with Crippen molar-refractivity contribution in [2.24, 2.45) is 17.8 Å². The summed E-state index contributed by atoms with van der Waals surface area (Å²) >= 11 is 0. The molecule has 0 bridgehead atoms. The Hall–Kier alpha value is -1.59. The highest BCUT2D eigenvalue weighted by molar-refractivity contribution is 5.71. The zero-order valence-corrected chi connectivity index (χ0v) is 42.0. The number of esters is 3. The molecule has 6 nitrogen and oxygen atoms in total. The van der Waals surface area contributed by atoms with Gasteiger partial charge >= 0.3 is 17.9 Å². The van der Waals surface area contributed by atoms with Crippen LogP contribution in [0.15, 0.2) is 0 Å². The summed E-state index contributed by atoms with van der Waals surface area (Å²) in [5, 5.41) is 0. The van der Waals surface area contributed by atoms with Gasteiger partial charge in [0, 0.05) is 19.3 Å². The Morgan fingerprint density at radius 3 is 0.852 bits per heavy atom. The van der Waals surface area contributed by atoms with Gasteiger partial charge in [-0.05, 0) is 37.0 Å². The number of carbonyl (C=O) groups excluding carboxylic acids is 3. The summed E-state index contributed by atoms with van der Waals surface area (Å²) < 4.78 is 16.8. The van der Waals surface area contributed by atoms with Crippen LogP contribution in [-0.2, 0) is 28.6 Å². The molecule has 0 saturated carbocycles. The van der Waals surface area contributed by atoms with Crippen LogP contribution in [0, 0.1) is 17.8 Å². The second-order valence-electron chi connectivity index (χ2n) is 20.1. The third-order valence-corrected chi connectivity index (χ3v) is 12.8. The first-order chi connectivity index (χ1) is 29.6. The molecule has 0 amide bonds. The third kappa shape index (κ3) is 47.7. The van der Waals surface area contributed by atoms with Crippen LogP contribution < -0.4 is 0 Å². The summed E-state index contributed by atoms with van der Waals surface area (Å²) in [7, 11) is 0. The molecule has 0 spiro atoms. The van der Waals surface area contributed by atoms with Gasteiger partial charge in [-0.1, -0.05) is 260 Å². The molecule has 0 aromatic rings. The van der Waals surface area contributed by atoms with Gasteiger partial charge in [0.15, 0.2) is 6.10 Å². The van der Waals surface area contributed by atoms with E-state index in [1.54, 1.807) is 0 Å². The number of hydrogen-bond donors (Lipinski definition) is 0. The molecular weight excluding hydrogens is 757 g/mol. The molecule has 362 valence electrons. The van der Waals surface area contributed by atoms with Crippen LogP contribution in [-0.4, -0.2) is 37.2 Å². The highest BCUT2D eigenvalue weighted by Gasteiger charge is 2.19. The molecule has 0 aliphatic rings. The number of unbranched alkanes of at least 4 members (excludes halogenated alkanes) is 30. The van der Waals surface area contributed by atoms with E-state index in [0.717, 1.165) is 75.5 Å². The van der Waals surface area contributed by atoms with Gasteiger partial charge in [-0.3, -0.25) is 14.4 Å². The van der Waals surface area contributed by atoms with Crippen molar-refractivity contribution < 1.29 is 28.6 Å². The minimum Gasteiger partial charge on any atom is -0.462 e. The van der Waals surface area contributed by atoms with E-state index in [4.69, 9.17) is 14.2 Å². The van der Waals surface area contributed by atoms with Gasteiger partial charge in [-0.2, -0.15) is 0 Å². The van der Waals surface area contributed by atoms with E-state index in [2.05, 4.69) is 41.5 Å². The van der Waals surface area contributed by atoms with Gasteiger partial charge in [0.2, 0.25) is 0 Å². The SMILES string of the molecule is CCC(C)CCCCCCCCCCCCC(=O)OC[C@H](COC(=O)CCCCCCCCCCCCCCCC(C)C)OC(=O)CCCCCCCCCCCCC(C)C. The molecular formula is C55H106O6. The maximum atomic E-state index is 12.8. The van der Waals surface area contributed by atoms with Crippen LogP contribution in [0.1, 0.15) is 298 Å². The molecule has 1 unspecified atom stereocenters. The van der Waals surface area contributed by atoms with E-state index in [9.17, 15) is 14.4 Å². The van der Waals surface area contributed by atoms with Crippen LogP contribution in [0.25, 0.3) is 0 Å². The van der Waals surface area contributed by atoms with Gasteiger partial charge in [0.25, 0.3) is 0 Å². The van der Waals surface area contributed by atoms with E-state index in [-0.39, 0.29) is 31.1 Å². The summed E-state index contributed by atoms with van der Waals surface area (Å²) in [6.45, 7) is 13.8. The lowest BCUT2D eigenvalue weighted by Crippen LogP contribution is -2.30. The Balaban J connectivity index is 4.32. The van der Waals surface area contributed by atoms with Crippen LogP contribution in [0.2, 0.25) is 0 Å². The monoisotopic (exact) mass is 863 g/mol. The van der Waals surface area contributed by atoms with Crippen molar-refractivity contribution in [3.05, 3.63) is 0 Å². The highest BCUT2D eigenvalue weighted by atomic mass is 16.6. The van der Waals surface area contributed by atoms with Crippen molar-refractivity contribution in [1.82, 2.24) is 0 Å². The summed E-state index contributed by atoms with van der Waals surface area (Å²) in [4.78, 5) is 38.0. The van der Waals surface area contributed by atoms with E-state index >= 15 is 0 Å². The first-order valence-electron chi connectivity index (χ1n) is 27.1. The fraction of sp³-hybridized carbons (Fsp3) is 0.945. The van der Waals surface area contributed by atoms with E-state index in [1.165, 1.54) is 180 Å². The summed E-state index contributed by atoms with van der Waals surface area (Å²) in [5.74, 6) is 1.68. The molecule has 0 rings (SSSR count). The minimum atomic E-state index is -0.763. The third-order valence-electron chi connectivity index (χ3n) is 12.8. The van der Waals surface area contributed by atoms with E-state index in [0.29, 0.717) is 19.3 Å². The molecule has 6 heteroatoms. The number of rotatable bonds is 48. The van der Waals surface area contributed by atoms with Gasteiger partial charge in [-0.15, -0.1) is 0 Å². The lowest BCUT2D eigenvalue weighted by Gasteiger charge is -2.18. The average Bonchev–Trinajstić information content (AvgIpc) is 3.23. The topological polar surface area (TPSA) is 78.9 Å². The zero-order valence-electron chi connectivity index (χ0n) is 42.0. The van der Waals surface area contributed by atoms with Crippen LogP contribution >= 0.6 is 0 Å². The lowest BCUT2D eigenvalue weighted by molar-refractivity contribution is -0.167. The maximum Gasteiger partial charge on any atom is 0.306 e. The highest BCUT2D eigenvalue weighted by Crippen LogP contribution is 2.18. The lowest BCUT2D eigenvalue weighted by atomic mass is 9.99.